The number of hydrogen-bond acceptors (Lipinski definition) is 5. The zero-order valence-electron chi connectivity index (χ0n) is 15.8. The van der Waals surface area contributed by atoms with E-state index in [-0.39, 0.29) is 5.91 Å². The maximum absolute atomic E-state index is 12.4. The number of H-pyrrole nitrogens is 1. The van der Waals surface area contributed by atoms with Crippen LogP contribution in [0, 0.1) is 0 Å². The highest BCUT2D eigenvalue weighted by atomic mass is 16.5. The minimum absolute atomic E-state index is 0.288. The Morgan fingerprint density at radius 3 is 2.69 bits per heavy atom. The highest BCUT2D eigenvalue weighted by Gasteiger charge is 2.09. The first-order chi connectivity index (χ1) is 14.2. The summed E-state index contributed by atoms with van der Waals surface area (Å²) in [6.45, 7) is 0. The molecule has 2 N–H and O–H groups in total. The SMILES string of the molecule is COc1ccc(Cc2nc3ccc(C(=O)N/N=C\c4ccncc4)cc3[nH]2)cc1. The van der Waals surface area contributed by atoms with Crippen LogP contribution in [0.1, 0.15) is 27.3 Å². The van der Waals surface area contributed by atoms with E-state index in [9.17, 15) is 4.79 Å². The van der Waals surface area contributed by atoms with E-state index in [1.807, 2.05) is 30.3 Å². The number of rotatable bonds is 6. The maximum atomic E-state index is 12.4. The number of pyridine rings is 1. The maximum Gasteiger partial charge on any atom is 0.271 e. The van der Waals surface area contributed by atoms with E-state index in [0.29, 0.717) is 12.0 Å². The molecule has 0 spiro atoms. The van der Waals surface area contributed by atoms with Gasteiger partial charge in [0, 0.05) is 24.4 Å². The predicted molar refractivity (Wildman–Crippen MR) is 111 cm³/mol. The molecule has 1 amide bonds. The van der Waals surface area contributed by atoms with Gasteiger partial charge in [0.1, 0.15) is 11.6 Å². The molecule has 0 saturated carbocycles. The van der Waals surface area contributed by atoms with E-state index in [1.54, 1.807) is 50.0 Å². The normalized spacial score (nSPS) is 11.1. The molecule has 0 bridgehead atoms. The summed E-state index contributed by atoms with van der Waals surface area (Å²) in [4.78, 5) is 24.2. The number of benzene rings is 2. The van der Waals surface area contributed by atoms with Crippen LogP contribution < -0.4 is 10.2 Å². The van der Waals surface area contributed by atoms with Gasteiger partial charge in [0.25, 0.3) is 5.91 Å². The summed E-state index contributed by atoms with van der Waals surface area (Å²) in [7, 11) is 1.65. The Morgan fingerprint density at radius 2 is 1.93 bits per heavy atom. The van der Waals surface area contributed by atoms with Gasteiger partial charge >= 0.3 is 0 Å². The fraction of sp³-hybridized carbons (Fsp3) is 0.0909. The Balaban J connectivity index is 1.45. The Hall–Kier alpha value is -4.00. The van der Waals surface area contributed by atoms with Crippen LogP contribution in [0.3, 0.4) is 0 Å². The van der Waals surface area contributed by atoms with Crippen LogP contribution in [0.2, 0.25) is 0 Å². The third kappa shape index (κ3) is 4.47. The highest BCUT2D eigenvalue weighted by molar-refractivity contribution is 5.97. The first-order valence-corrected chi connectivity index (χ1v) is 9.06. The number of imidazole rings is 1. The lowest BCUT2D eigenvalue weighted by Gasteiger charge is -2.01. The minimum Gasteiger partial charge on any atom is -0.497 e. The number of hydrazone groups is 1. The largest absolute Gasteiger partial charge is 0.497 e. The number of fused-ring (bicyclic) bond motifs is 1. The lowest BCUT2D eigenvalue weighted by Crippen LogP contribution is -2.17. The second kappa shape index (κ2) is 8.35. The van der Waals surface area contributed by atoms with Crippen molar-refractivity contribution in [1.82, 2.24) is 20.4 Å². The van der Waals surface area contributed by atoms with Gasteiger partial charge in [-0.2, -0.15) is 5.10 Å². The van der Waals surface area contributed by atoms with Crippen molar-refractivity contribution >= 4 is 23.2 Å². The zero-order chi connectivity index (χ0) is 20.1. The first kappa shape index (κ1) is 18.4. The molecular weight excluding hydrogens is 366 g/mol. The molecule has 0 radical (unpaired) electrons. The van der Waals surface area contributed by atoms with E-state index < -0.39 is 0 Å². The number of aromatic nitrogens is 3. The molecule has 7 nitrogen and oxygen atoms in total. The van der Waals surface area contributed by atoms with Crippen molar-refractivity contribution in [3.05, 3.63) is 89.5 Å². The number of carbonyl (C=O) groups excluding carboxylic acids is 1. The van der Waals surface area contributed by atoms with E-state index in [4.69, 9.17) is 4.74 Å². The molecule has 29 heavy (non-hydrogen) atoms. The van der Waals surface area contributed by atoms with Crippen LogP contribution in [0.4, 0.5) is 0 Å². The lowest BCUT2D eigenvalue weighted by molar-refractivity contribution is 0.0955. The van der Waals surface area contributed by atoms with Gasteiger partial charge in [0.15, 0.2) is 0 Å². The number of ether oxygens (including phenoxy) is 1. The number of nitrogens with zero attached hydrogens (tertiary/aromatic N) is 3. The smallest absolute Gasteiger partial charge is 0.271 e. The van der Waals surface area contributed by atoms with Gasteiger partial charge in [0.05, 0.1) is 24.4 Å². The van der Waals surface area contributed by atoms with Gasteiger partial charge in [-0.3, -0.25) is 9.78 Å². The number of amides is 1. The lowest BCUT2D eigenvalue weighted by atomic mass is 10.1. The van der Waals surface area contributed by atoms with Crippen LogP contribution in [0.15, 0.2) is 72.1 Å². The van der Waals surface area contributed by atoms with Crippen molar-refractivity contribution in [3.8, 4) is 5.75 Å². The monoisotopic (exact) mass is 385 g/mol. The van der Waals surface area contributed by atoms with Crippen molar-refractivity contribution in [1.29, 1.82) is 0 Å². The number of carbonyl (C=O) groups is 1. The number of nitrogens with one attached hydrogen (secondary N) is 2. The Bertz CT molecular complexity index is 1150. The van der Waals surface area contributed by atoms with Gasteiger partial charge < -0.3 is 9.72 Å². The van der Waals surface area contributed by atoms with Crippen LogP contribution in [-0.4, -0.2) is 34.2 Å². The number of aromatic amines is 1. The molecular formula is C22H19N5O2. The first-order valence-electron chi connectivity index (χ1n) is 9.06. The predicted octanol–water partition coefficient (Wildman–Crippen LogP) is 3.32. The van der Waals surface area contributed by atoms with Crippen LogP contribution in [-0.2, 0) is 6.42 Å². The summed E-state index contributed by atoms with van der Waals surface area (Å²) in [5, 5.41) is 3.98. The molecule has 4 aromatic rings. The van der Waals surface area contributed by atoms with Crippen molar-refractivity contribution in [2.45, 2.75) is 6.42 Å². The highest BCUT2D eigenvalue weighted by Crippen LogP contribution is 2.18. The van der Waals surface area contributed by atoms with Crippen LogP contribution >= 0.6 is 0 Å². The van der Waals surface area contributed by atoms with E-state index in [1.165, 1.54) is 0 Å². The second-order valence-electron chi connectivity index (χ2n) is 6.42. The average Bonchev–Trinajstić information content (AvgIpc) is 3.16. The molecule has 2 heterocycles. The Kier molecular flexibility index (Phi) is 5.29. The summed E-state index contributed by atoms with van der Waals surface area (Å²) in [6, 6.07) is 16.8. The molecule has 2 aromatic carbocycles. The molecule has 0 unspecified atom stereocenters. The van der Waals surface area contributed by atoms with Crippen molar-refractivity contribution in [2.24, 2.45) is 5.10 Å². The van der Waals surface area contributed by atoms with Crippen LogP contribution in [0.25, 0.3) is 11.0 Å². The average molecular weight is 385 g/mol. The van der Waals surface area contributed by atoms with Crippen molar-refractivity contribution < 1.29 is 9.53 Å². The van der Waals surface area contributed by atoms with E-state index in [0.717, 1.165) is 33.7 Å². The topological polar surface area (TPSA) is 92.3 Å². The van der Waals surface area contributed by atoms with E-state index in [2.05, 4.69) is 25.5 Å². The molecule has 0 aliphatic heterocycles. The summed E-state index contributed by atoms with van der Waals surface area (Å²) in [5.41, 5.74) is 6.63. The fourth-order valence-electron chi connectivity index (χ4n) is 2.90. The summed E-state index contributed by atoms with van der Waals surface area (Å²) < 4.78 is 5.18. The standard InChI is InChI=1S/C22H19N5O2/c1-29-18-5-2-15(3-6-18)12-21-25-19-7-4-17(13-20(19)26-21)22(28)27-24-14-16-8-10-23-11-9-16/h2-11,13-14H,12H2,1H3,(H,25,26)(H,27,28)/b24-14-. The number of hydrogen-bond donors (Lipinski definition) is 2. The minimum atomic E-state index is -0.288. The fourth-order valence-corrected chi connectivity index (χ4v) is 2.90. The Labute approximate surface area is 167 Å². The van der Waals surface area contributed by atoms with Gasteiger partial charge in [0.2, 0.25) is 0 Å². The van der Waals surface area contributed by atoms with Gasteiger partial charge in [-0.05, 0) is 53.6 Å². The molecule has 2 aromatic heterocycles. The zero-order valence-corrected chi connectivity index (χ0v) is 15.8. The van der Waals surface area contributed by atoms with E-state index >= 15 is 0 Å². The van der Waals surface area contributed by atoms with Crippen molar-refractivity contribution in [3.63, 3.8) is 0 Å². The molecule has 144 valence electrons. The molecule has 0 atom stereocenters. The van der Waals surface area contributed by atoms with Crippen molar-refractivity contribution in [2.75, 3.05) is 7.11 Å². The summed E-state index contributed by atoms with van der Waals surface area (Å²) >= 11 is 0. The number of methoxy groups -OCH3 is 1. The second-order valence-corrected chi connectivity index (χ2v) is 6.42. The molecule has 4 rings (SSSR count). The van der Waals surface area contributed by atoms with Crippen LogP contribution in [0.5, 0.6) is 5.75 Å². The Morgan fingerprint density at radius 1 is 1.14 bits per heavy atom. The molecule has 0 fully saturated rings. The van der Waals surface area contributed by atoms with Gasteiger partial charge in [-0.15, -0.1) is 0 Å². The quantitative estimate of drug-likeness (QED) is 0.393. The summed E-state index contributed by atoms with van der Waals surface area (Å²) in [6.07, 6.45) is 5.56. The molecule has 0 saturated heterocycles. The van der Waals surface area contributed by atoms with Gasteiger partial charge in [-0.1, -0.05) is 12.1 Å². The summed E-state index contributed by atoms with van der Waals surface area (Å²) in [5.74, 6) is 1.36. The van der Waals surface area contributed by atoms with Gasteiger partial charge in [-0.25, -0.2) is 10.4 Å². The molecule has 7 heteroatoms. The molecule has 0 aliphatic rings. The molecule has 0 aliphatic carbocycles. The third-order valence-electron chi connectivity index (χ3n) is 4.41. The third-order valence-corrected chi connectivity index (χ3v) is 4.41.